The second kappa shape index (κ2) is 12.8. The van der Waals surface area contributed by atoms with Crippen molar-refractivity contribution in [2.24, 2.45) is 0 Å². The van der Waals surface area contributed by atoms with Crippen LogP contribution in [0.15, 0.2) is 66.4 Å². The smallest absolute Gasteiger partial charge is 0.329 e. The van der Waals surface area contributed by atoms with Crippen LogP contribution in [-0.2, 0) is 22.6 Å². The normalized spacial score (nSPS) is 13.9. The summed E-state index contributed by atoms with van der Waals surface area (Å²) in [6, 6.07) is 18.5. The van der Waals surface area contributed by atoms with Crippen LogP contribution in [0.4, 0.5) is 10.5 Å². The van der Waals surface area contributed by atoms with Crippen molar-refractivity contribution in [3.8, 4) is 11.5 Å². The van der Waals surface area contributed by atoms with Crippen LogP contribution in [0.25, 0.3) is 6.08 Å². The van der Waals surface area contributed by atoms with Crippen molar-refractivity contribution >= 4 is 52.2 Å². The zero-order valence-corrected chi connectivity index (χ0v) is 24.2. The first-order valence-corrected chi connectivity index (χ1v) is 13.7. The average molecular weight is 639 g/mol. The Morgan fingerprint density at radius 3 is 2.51 bits per heavy atom. The van der Waals surface area contributed by atoms with E-state index in [1.54, 1.807) is 18.2 Å². The molecule has 3 aromatic carbocycles. The molecule has 9 heteroatoms. The number of carbonyl (C=O) groups excluding carboxylic acids is 3. The van der Waals surface area contributed by atoms with Gasteiger partial charge in [0.15, 0.2) is 11.5 Å². The largest absolute Gasteiger partial charge is 0.490 e. The molecular formula is C30H30IN3O5. The minimum absolute atomic E-state index is 0.0772. The number of para-hydroxylation sites is 1. The number of imide groups is 1. The Morgan fingerprint density at radius 2 is 1.79 bits per heavy atom. The number of aryl methyl sites for hydroxylation is 2. The molecule has 3 aromatic rings. The Labute approximate surface area is 241 Å². The predicted molar refractivity (Wildman–Crippen MR) is 159 cm³/mol. The summed E-state index contributed by atoms with van der Waals surface area (Å²) in [7, 11) is 0. The van der Waals surface area contributed by atoms with E-state index in [0.717, 1.165) is 26.0 Å². The molecule has 39 heavy (non-hydrogen) atoms. The molecule has 0 aromatic heterocycles. The first-order valence-electron chi connectivity index (χ1n) is 12.7. The van der Waals surface area contributed by atoms with E-state index >= 15 is 0 Å². The Hall–Kier alpha value is -3.86. The maximum Gasteiger partial charge on any atom is 0.329 e. The maximum atomic E-state index is 13.0. The molecule has 0 saturated carbocycles. The predicted octanol–water partition coefficient (Wildman–Crippen LogP) is 5.67. The average Bonchev–Trinajstić information content (AvgIpc) is 3.16. The number of amides is 4. The lowest BCUT2D eigenvalue weighted by Gasteiger charge is -2.15. The molecule has 1 saturated heterocycles. The number of carbonyl (C=O) groups is 3. The molecule has 2 N–H and O–H groups in total. The fourth-order valence-electron chi connectivity index (χ4n) is 4.08. The Morgan fingerprint density at radius 1 is 1.05 bits per heavy atom. The molecule has 0 unspecified atom stereocenters. The van der Waals surface area contributed by atoms with Crippen LogP contribution in [0.1, 0.15) is 36.1 Å². The number of anilines is 1. The lowest BCUT2D eigenvalue weighted by molar-refractivity contribution is -0.127. The van der Waals surface area contributed by atoms with E-state index in [9.17, 15) is 14.4 Å². The van der Waals surface area contributed by atoms with Crippen molar-refractivity contribution in [1.29, 1.82) is 0 Å². The van der Waals surface area contributed by atoms with Gasteiger partial charge in [-0.25, -0.2) is 9.69 Å². The van der Waals surface area contributed by atoms with Crippen LogP contribution in [0.3, 0.4) is 0 Å². The van der Waals surface area contributed by atoms with Crippen molar-refractivity contribution in [1.82, 2.24) is 10.2 Å². The number of benzene rings is 3. The van der Waals surface area contributed by atoms with Crippen LogP contribution in [0.5, 0.6) is 11.5 Å². The molecule has 4 amide bonds. The molecule has 1 aliphatic rings. The zero-order chi connectivity index (χ0) is 27.9. The second-order valence-corrected chi connectivity index (χ2v) is 10.1. The highest BCUT2D eigenvalue weighted by molar-refractivity contribution is 14.1. The molecule has 1 aliphatic heterocycles. The number of urea groups is 1. The number of nitrogens with one attached hydrogen (secondary N) is 2. The third kappa shape index (κ3) is 6.97. The molecule has 0 radical (unpaired) electrons. The van der Waals surface area contributed by atoms with Crippen molar-refractivity contribution in [2.75, 3.05) is 18.5 Å². The Kier molecular flexibility index (Phi) is 9.23. The van der Waals surface area contributed by atoms with Gasteiger partial charge in [0.1, 0.15) is 18.8 Å². The highest BCUT2D eigenvalue weighted by Crippen LogP contribution is 2.35. The number of ether oxygens (including phenoxy) is 2. The molecular weight excluding hydrogens is 609 g/mol. The SMILES string of the molecule is CCOc1cc(/C=C2/NC(=O)N(CC(=O)Nc3ccccc3CC)C2=O)cc(I)c1OCc1ccc(C)cc1. The molecule has 4 rings (SSSR count). The third-order valence-corrected chi connectivity index (χ3v) is 6.88. The topological polar surface area (TPSA) is 97.0 Å². The number of hydrogen-bond acceptors (Lipinski definition) is 5. The van der Waals surface area contributed by atoms with Crippen LogP contribution in [0.2, 0.25) is 0 Å². The molecule has 202 valence electrons. The van der Waals surface area contributed by atoms with Crippen LogP contribution in [-0.4, -0.2) is 35.9 Å². The summed E-state index contributed by atoms with van der Waals surface area (Å²) in [5.41, 5.74) is 4.57. The fraction of sp³-hybridized carbons (Fsp3) is 0.233. The van der Waals surface area contributed by atoms with Gasteiger partial charge in [-0.15, -0.1) is 0 Å². The van der Waals surface area contributed by atoms with Crippen molar-refractivity contribution in [2.45, 2.75) is 33.8 Å². The summed E-state index contributed by atoms with van der Waals surface area (Å²) in [6.07, 6.45) is 2.31. The van der Waals surface area contributed by atoms with Crippen LogP contribution < -0.4 is 20.1 Å². The van der Waals surface area contributed by atoms with Gasteiger partial charge in [-0.3, -0.25) is 9.59 Å². The molecule has 0 spiro atoms. The van der Waals surface area contributed by atoms with Gasteiger partial charge in [-0.1, -0.05) is 55.0 Å². The van der Waals surface area contributed by atoms with Crippen molar-refractivity contribution < 1.29 is 23.9 Å². The van der Waals surface area contributed by atoms with Gasteiger partial charge in [0, 0.05) is 5.69 Å². The maximum absolute atomic E-state index is 13.0. The first kappa shape index (κ1) is 28.2. The number of nitrogens with zero attached hydrogens (tertiary/aromatic N) is 1. The summed E-state index contributed by atoms with van der Waals surface area (Å²) in [6.45, 7) is 6.31. The Bertz CT molecular complexity index is 1420. The molecule has 1 fully saturated rings. The van der Waals surface area contributed by atoms with E-state index in [-0.39, 0.29) is 5.70 Å². The quantitative estimate of drug-likeness (QED) is 0.169. The van der Waals surface area contributed by atoms with Gasteiger partial charge in [-0.2, -0.15) is 0 Å². The van der Waals surface area contributed by atoms with Crippen molar-refractivity contribution in [3.63, 3.8) is 0 Å². The van der Waals surface area contributed by atoms with Gasteiger partial charge >= 0.3 is 6.03 Å². The highest BCUT2D eigenvalue weighted by Gasteiger charge is 2.35. The molecule has 0 aliphatic carbocycles. The summed E-state index contributed by atoms with van der Waals surface area (Å²) < 4.78 is 12.7. The fourth-order valence-corrected chi connectivity index (χ4v) is 4.86. The van der Waals surface area contributed by atoms with Gasteiger partial charge < -0.3 is 20.1 Å². The first-order chi connectivity index (χ1) is 18.8. The van der Waals surface area contributed by atoms with Crippen LogP contribution in [0, 0.1) is 10.5 Å². The van der Waals surface area contributed by atoms with E-state index in [0.29, 0.717) is 36.0 Å². The van der Waals surface area contributed by atoms with Crippen molar-refractivity contribution in [3.05, 3.63) is 92.2 Å². The lowest BCUT2D eigenvalue weighted by atomic mass is 10.1. The zero-order valence-electron chi connectivity index (χ0n) is 22.0. The van der Waals surface area contributed by atoms with Gasteiger partial charge in [0.2, 0.25) is 5.91 Å². The lowest BCUT2D eigenvalue weighted by Crippen LogP contribution is -2.38. The van der Waals surface area contributed by atoms with E-state index in [1.165, 1.54) is 5.56 Å². The molecule has 8 nitrogen and oxygen atoms in total. The van der Waals surface area contributed by atoms with E-state index in [4.69, 9.17) is 9.47 Å². The second-order valence-electron chi connectivity index (χ2n) is 8.98. The highest BCUT2D eigenvalue weighted by atomic mass is 127. The summed E-state index contributed by atoms with van der Waals surface area (Å²) in [5, 5.41) is 5.37. The minimum Gasteiger partial charge on any atom is -0.490 e. The number of hydrogen-bond donors (Lipinski definition) is 2. The Balaban J connectivity index is 1.49. The van der Waals surface area contributed by atoms with E-state index < -0.39 is 24.4 Å². The molecule has 1 heterocycles. The summed E-state index contributed by atoms with van der Waals surface area (Å²) in [4.78, 5) is 39.1. The van der Waals surface area contributed by atoms with Gasteiger partial charge in [0.25, 0.3) is 5.91 Å². The van der Waals surface area contributed by atoms with Gasteiger partial charge in [0.05, 0.1) is 10.2 Å². The van der Waals surface area contributed by atoms with E-state index in [1.807, 2.05) is 69.3 Å². The monoisotopic (exact) mass is 639 g/mol. The number of rotatable bonds is 10. The summed E-state index contributed by atoms with van der Waals surface area (Å²) >= 11 is 2.16. The summed E-state index contributed by atoms with van der Waals surface area (Å²) in [5.74, 6) is 0.106. The minimum atomic E-state index is -0.650. The standard InChI is InChI=1S/C30H30IN3O5/c1-4-22-8-6-7-9-24(22)32-27(35)17-34-29(36)25(33-30(34)37)15-21-14-23(31)28(26(16-21)38-5-2)39-18-20-12-10-19(3)11-13-20/h6-16H,4-5,17-18H2,1-3H3,(H,32,35)(H,33,37)/b25-15+. The molecule has 0 atom stereocenters. The number of halogens is 1. The van der Waals surface area contributed by atoms with Crippen LogP contribution >= 0.6 is 22.6 Å². The van der Waals surface area contributed by atoms with E-state index in [2.05, 4.69) is 33.2 Å². The third-order valence-electron chi connectivity index (χ3n) is 6.08. The van der Waals surface area contributed by atoms with Gasteiger partial charge in [-0.05, 0) is 83.8 Å². The molecule has 0 bridgehead atoms.